The summed E-state index contributed by atoms with van der Waals surface area (Å²) >= 11 is 1.84. The third kappa shape index (κ3) is 4.38. The van der Waals surface area contributed by atoms with Crippen molar-refractivity contribution >= 4 is 17.6 Å². The number of rotatable bonds is 5. The fraction of sp³-hybridized carbons (Fsp3) is 0.417. The van der Waals surface area contributed by atoms with E-state index in [1.54, 1.807) is 0 Å². The third-order valence-corrected chi connectivity index (χ3v) is 2.81. The van der Waals surface area contributed by atoms with Crippen molar-refractivity contribution in [2.45, 2.75) is 19.4 Å². The molecule has 0 aliphatic rings. The minimum absolute atomic E-state index is 0.303. The van der Waals surface area contributed by atoms with Crippen LogP contribution in [0.1, 0.15) is 18.9 Å². The van der Waals surface area contributed by atoms with Crippen LogP contribution in [0.3, 0.4) is 0 Å². The molecule has 0 heterocycles. The molecular formula is C12H18N2S. The molecule has 0 saturated heterocycles. The predicted molar refractivity (Wildman–Crippen MR) is 69.6 cm³/mol. The molecule has 1 aromatic rings. The zero-order chi connectivity index (χ0) is 11.1. The number of aliphatic imine (C=N–C) groups is 1. The van der Waals surface area contributed by atoms with E-state index in [1.165, 1.54) is 0 Å². The Morgan fingerprint density at radius 2 is 2.07 bits per heavy atom. The quantitative estimate of drug-likeness (QED) is 0.614. The van der Waals surface area contributed by atoms with Gasteiger partial charge in [0, 0.05) is 5.56 Å². The molecule has 3 heteroatoms. The average Bonchev–Trinajstić information content (AvgIpc) is 2.27. The van der Waals surface area contributed by atoms with Crippen molar-refractivity contribution < 1.29 is 0 Å². The Labute approximate surface area is 96.0 Å². The summed E-state index contributed by atoms with van der Waals surface area (Å²) < 4.78 is 0. The minimum Gasteiger partial charge on any atom is -0.383 e. The molecule has 82 valence electrons. The van der Waals surface area contributed by atoms with Crippen LogP contribution in [0.15, 0.2) is 35.3 Å². The molecule has 0 spiro atoms. The molecule has 1 rings (SSSR count). The molecule has 0 saturated carbocycles. The van der Waals surface area contributed by atoms with Gasteiger partial charge in [-0.2, -0.15) is 11.8 Å². The number of amidine groups is 1. The van der Waals surface area contributed by atoms with E-state index in [1.807, 2.05) is 42.1 Å². The smallest absolute Gasteiger partial charge is 0.125 e. The molecule has 0 bridgehead atoms. The van der Waals surface area contributed by atoms with E-state index in [2.05, 4.69) is 18.2 Å². The van der Waals surface area contributed by atoms with Gasteiger partial charge in [-0.05, 0) is 25.4 Å². The van der Waals surface area contributed by atoms with Gasteiger partial charge in [-0.25, -0.2) is 0 Å². The summed E-state index contributed by atoms with van der Waals surface area (Å²) in [6.07, 6.45) is 3.19. The van der Waals surface area contributed by atoms with Gasteiger partial charge in [0.1, 0.15) is 5.84 Å². The fourth-order valence-corrected chi connectivity index (χ4v) is 1.85. The molecule has 1 aromatic carbocycles. The van der Waals surface area contributed by atoms with E-state index in [0.717, 1.165) is 17.7 Å². The van der Waals surface area contributed by atoms with Crippen LogP contribution in [0.4, 0.5) is 0 Å². The van der Waals surface area contributed by atoms with Gasteiger partial charge in [0.25, 0.3) is 0 Å². The Hall–Kier alpha value is -0.960. The number of benzene rings is 1. The summed E-state index contributed by atoms with van der Waals surface area (Å²) in [5.74, 6) is 1.77. The van der Waals surface area contributed by atoms with Crippen molar-refractivity contribution in [2.75, 3.05) is 12.0 Å². The zero-order valence-corrected chi connectivity index (χ0v) is 10.1. The lowest BCUT2D eigenvalue weighted by atomic mass is 10.2. The van der Waals surface area contributed by atoms with Crippen LogP contribution in [0.5, 0.6) is 0 Å². The predicted octanol–water partition coefficient (Wildman–Crippen LogP) is 2.53. The van der Waals surface area contributed by atoms with Crippen molar-refractivity contribution in [3.05, 3.63) is 35.9 Å². The maximum Gasteiger partial charge on any atom is 0.125 e. The molecule has 15 heavy (non-hydrogen) atoms. The molecule has 0 amide bonds. The maximum atomic E-state index is 5.91. The van der Waals surface area contributed by atoms with Gasteiger partial charge in [0.2, 0.25) is 0 Å². The normalized spacial score (nSPS) is 13.9. The number of thioether (sulfide) groups is 1. The van der Waals surface area contributed by atoms with Gasteiger partial charge in [-0.15, -0.1) is 0 Å². The first-order chi connectivity index (χ1) is 7.24. The minimum atomic E-state index is 0.303. The van der Waals surface area contributed by atoms with E-state index in [4.69, 9.17) is 5.73 Å². The number of nitrogens with two attached hydrogens (primary N) is 1. The highest BCUT2D eigenvalue weighted by atomic mass is 32.2. The molecule has 0 aliphatic heterocycles. The van der Waals surface area contributed by atoms with E-state index in [0.29, 0.717) is 11.9 Å². The van der Waals surface area contributed by atoms with Crippen LogP contribution in [-0.2, 0) is 0 Å². The summed E-state index contributed by atoms with van der Waals surface area (Å²) in [6.45, 7) is 2.10. The highest BCUT2D eigenvalue weighted by Gasteiger charge is 2.01. The van der Waals surface area contributed by atoms with Gasteiger partial charge in [0.15, 0.2) is 0 Å². The second-order valence-electron chi connectivity index (χ2n) is 3.51. The van der Waals surface area contributed by atoms with Gasteiger partial charge in [-0.3, -0.25) is 4.99 Å². The van der Waals surface area contributed by atoms with Gasteiger partial charge >= 0.3 is 0 Å². The molecule has 0 aliphatic carbocycles. The topological polar surface area (TPSA) is 38.4 Å². The zero-order valence-electron chi connectivity index (χ0n) is 9.31. The summed E-state index contributed by atoms with van der Waals surface area (Å²) in [5, 5.41) is 0. The Kier molecular flexibility index (Phi) is 5.26. The summed E-state index contributed by atoms with van der Waals surface area (Å²) in [6, 6.07) is 10.2. The van der Waals surface area contributed by atoms with Crippen molar-refractivity contribution in [1.82, 2.24) is 0 Å². The summed E-state index contributed by atoms with van der Waals surface area (Å²) in [5.41, 5.74) is 6.92. The van der Waals surface area contributed by atoms with E-state index < -0.39 is 0 Å². The lowest BCUT2D eigenvalue weighted by Crippen LogP contribution is -2.16. The number of hydrogen-bond acceptors (Lipinski definition) is 2. The van der Waals surface area contributed by atoms with Crippen LogP contribution in [0.25, 0.3) is 0 Å². The highest BCUT2D eigenvalue weighted by molar-refractivity contribution is 7.98. The molecule has 0 fully saturated rings. The maximum absolute atomic E-state index is 5.91. The molecule has 1 unspecified atom stereocenters. The summed E-state index contributed by atoms with van der Waals surface area (Å²) in [4.78, 5) is 4.47. The molecule has 1 atom stereocenters. The SMILES string of the molecule is CSCCC(C)N=C(N)c1ccccc1. The summed E-state index contributed by atoms with van der Waals surface area (Å²) in [7, 11) is 0. The third-order valence-electron chi connectivity index (χ3n) is 2.17. The molecule has 0 radical (unpaired) electrons. The highest BCUT2D eigenvalue weighted by Crippen LogP contribution is 2.05. The van der Waals surface area contributed by atoms with Crippen LogP contribution >= 0.6 is 11.8 Å². The fourth-order valence-electron chi connectivity index (χ4n) is 1.27. The van der Waals surface area contributed by atoms with Crippen molar-refractivity contribution in [2.24, 2.45) is 10.7 Å². The Morgan fingerprint density at radius 1 is 1.40 bits per heavy atom. The molecular weight excluding hydrogens is 204 g/mol. The van der Waals surface area contributed by atoms with Crippen molar-refractivity contribution in [1.29, 1.82) is 0 Å². The van der Waals surface area contributed by atoms with Crippen molar-refractivity contribution in [3.8, 4) is 0 Å². The second kappa shape index (κ2) is 6.51. The largest absolute Gasteiger partial charge is 0.383 e. The van der Waals surface area contributed by atoms with Crippen molar-refractivity contribution in [3.63, 3.8) is 0 Å². The van der Waals surface area contributed by atoms with Crippen LogP contribution in [0, 0.1) is 0 Å². The van der Waals surface area contributed by atoms with Gasteiger partial charge in [-0.1, -0.05) is 30.3 Å². The molecule has 2 N–H and O–H groups in total. The monoisotopic (exact) mass is 222 g/mol. The second-order valence-corrected chi connectivity index (χ2v) is 4.50. The van der Waals surface area contributed by atoms with Crippen LogP contribution < -0.4 is 5.73 Å². The first-order valence-corrected chi connectivity index (χ1v) is 6.51. The first-order valence-electron chi connectivity index (χ1n) is 5.11. The molecule has 0 aromatic heterocycles. The Morgan fingerprint density at radius 3 is 2.67 bits per heavy atom. The lowest BCUT2D eigenvalue weighted by Gasteiger charge is -2.07. The first kappa shape index (κ1) is 12.1. The van der Waals surface area contributed by atoms with E-state index in [-0.39, 0.29) is 0 Å². The van der Waals surface area contributed by atoms with E-state index >= 15 is 0 Å². The van der Waals surface area contributed by atoms with Gasteiger partial charge in [0.05, 0.1) is 6.04 Å². The number of nitrogens with zero attached hydrogens (tertiary/aromatic N) is 1. The van der Waals surface area contributed by atoms with Gasteiger partial charge < -0.3 is 5.73 Å². The average molecular weight is 222 g/mol. The van der Waals surface area contributed by atoms with Crippen LogP contribution in [0.2, 0.25) is 0 Å². The Balaban J connectivity index is 2.59. The standard InChI is InChI=1S/C12H18N2S/c1-10(8-9-15-2)14-12(13)11-6-4-3-5-7-11/h3-7,10H,8-9H2,1-2H3,(H2,13,14). The number of hydrogen-bond donors (Lipinski definition) is 1. The van der Waals surface area contributed by atoms with E-state index in [9.17, 15) is 0 Å². The lowest BCUT2D eigenvalue weighted by molar-refractivity contribution is 0.723. The Bertz CT molecular complexity index is 309. The molecule has 2 nitrogen and oxygen atoms in total. The van der Waals surface area contributed by atoms with Crippen LogP contribution in [-0.4, -0.2) is 23.9 Å².